The molecule has 0 bridgehead atoms. The van der Waals surface area contributed by atoms with Crippen molar-refractivity contribution in [3.63, 3.8) is 0 Å². The predicted octanol–water partition coefficient (Wildman–Crippen LogP) is 6.53. The standard InChI is InChI=1S/C27H18BrNO3/c28-22-11-5-9-20(16-22)26-29-25(27(30)32-26)15-18-6-3-12-23(14-18)31-17-21-10-4-8-19-7-1-2-13-24(19)21/h1-16H,17H2/b25-15+. The molecule has 32 heavy (non-hydrogen) atoms. The van der Waals surface area contributed by atoms with E-state index in [1.54, 1.807) is 6.08 Å². The molecule has 0 saturated carbocycles. The lowest BCUT2D eigenvalue weighted by Gasteiger charge is -2.09. The molecule has 4 nitrogen and oxygen atoms in total. The number of cyclic esters (lactones) is 1. The molecule has 0 fully saturated rings. The molecule has 0 unspecified atom stereocenters. The zero-order chi connectivity index (χ0) is 21.9. The molecule has 0 N–H and O–H groups in total. The normalized spacial score (nSPS) is 14.5. The average Bonchev–Trinajstić information content (AvgIpc) is 3.18. The highest BCUT2D eigenvalue weighted by molar-refractivity contribution is 9.10. The number of rotatable bonds is 5. The summed E-state index contributed by atoms with van der Waals surface area (Å²) in [6, 6.07) is 29.5. The number of hydrogen-bond acceptors (Lipinski definition) is 4. The largest absolute Gasteiger partial charge is 0.489 e. The van der Waals surface area contributed by atoms with Crippen molar-refractivity contribution in [2.24, 2.45) is 4.99 Å². The van der Waals surface area contributed by atoms with Crippen LogP contribution >= 0.6 is 15.9 Å². The van der Waals surface area contributed by atoms with Crippen molar-refractivity contribution in [3.05, 3.63) is 118 Å². The second-order valence-corrected chi connectivity index (χ2v) is 8.26. The smallest absolute Gasteiger partial charge is 0.363 e. The molecule has 0 aliphatic carbocycles. The van der Waals surface area contributed by atoms with Gasteiger partial charge in [-0.1, -0.05) is 76.6 Å². The number of carbonyl (C=O) groups is 1. The van der Waals surface area contributed by atoms with Crippen molar-refractivity contribution < 1.29 is 14.3 Å². The monoisotopic (exact) mass is 483 g/mol. The summed E-state index contributed by atoms with van der Waals surface area (Å²) < 4.78 is 12.3. The number of halogens is 1. The Morgan fingerprint density at radius 1 is 0.906 bits per heavy atom. The Labute approximate surface area is 194 Å². The number of aliphatic imine (C=N–C) groups is 1. The molecule has 0 aromatic heterocycles. The number of esters is 1. The van der Waals surface area contributed by atoms with Crippen LogP contribution in [0.25, 0.3) is 16.8 Å². The van der Waals surface area contributed by atoms with Crippen LogP contribution in [0.1, 0.15) is 16.7 Å². The fraction of sp³-hybridized carbons (Fsp3) is 0.0370. The number of benzene rings is 4. The molecule has 156 valence electrons. The summed E-state index contributed by atoms with van der Waals surface area (Å²) in [4.78, 5) is 16.7. The van der Waals surface area contributed by atoms with Gasteiger partial charge in [-0.05, 0) is 58.3 Å². The van der Waals surface area contributed by atoms with Gasteiger partial charge in [0.2, 0.25) is 5.90 Å². The second-order valence-electron chi connectivity index (χ2n) is 7.35. The number of ether oxygens (including phenoxy) is 2. The highest BCUT2D eigenvalue weighted by Crippen LogP contribution is 2.24. The predicted molar refractivity (Wildman–Crippen MR) is 129 cm³/mol. The number of carbonyl (C=O) groups excluding carboxylic acids is 1. The van der Waals surface area contributed by atoms with Gasteiger partial charge in [-0.25, -0.2) is 9.79 Å². The van der Waals surface area contributed by atoms with Gasteiger partial charge >= 0.3 is 5.97 Å². The van der Waals surface area contributed by atoms with Crippen LogP contribution in [0, 0.1) is 0 Å². The molecule has 0 spiro atoms. The Kier molecular flexibility index (Phi) is 5.57. The molecule has 4 aromatic rings. The van der Waals surface area contributed by atoms with Crippen LogP contribution < -0.4 is 4.74 Å². The summed E-state index contributed by atoms with van der Waals surface area (Å²) in [6.07, 6.45) is 1.71. The van der Waals surface area contributed by atoms with Crippen LogP contribution in [0.2, 0.25) is 0 Å². The maximum atomic E-state index is 12.3. The molecule has 5 rings (SSSR count). The first kappa shape index (κ1) is 20.2. The zero-order valence-corrected chi connectivity index (χ0v) is 18.6. The van der Waals surface area contributed by atoms with Crippen LogP contribution in [0.15, 0.2) is 106 Å². The third-order valence-electron chi connectivity index (χ3n) is 5.13. The first-order valence-corrected chi connectivity index (χ1v) is 10.9. The number of fused-ring (bicyclic) bond motifs is 1. The van der Waals surface area contributed by atoms with Crippen molar-refractivity contribution in [1.82, 2.24) is 0 Å². The van der Waals surface area contributed by atoms with Crippen LogP contribution in [-0.4, -0.2) is 11.9 Å². The SMILES string of the molecule is O=C1OC(c2cccc(Br)c2)=N/C1=C/c1cccc(OCc2cccc3ccccc23)c1. The molecule has 4 aromatic carbocycles. The van der Waals surface area contributed by atoms with Crippen LogP contribution in [0.4, 0.5) is 0 Å². The van der Waals surface area contributed by atoms with Crippen LogP contribution in [0.3, 0.4) is 0 Å². The van der Waals surface area contributed by atoms with Crippen molar-refractivity contribution in [3.8, 4) is 5.75 Å². The minimum Gasteiger partial charge on any atom is -0.489 e. The lowest BCUT2D eigenvalue weighted by Crippen LogP contribution is -2.05. The summed E-state index contributed by atoms with van der Waals surface area (Å²) >= 11 is 3.42. The van der Waals surface area contributed by atoms with E-state index in [4.69, 9.17) is 9.47 Å². The van der Waals surface area contributed by atoms with E-state index in [1.807, 2.05) is 66.7 Å². The van der Waals surface area contributed by atoms with E-state index in [2.05, 4.69) is 45.2 Å². The van der Waals surface area contributed by atoms with Crippen molar-refractivity contribution >= 4 is 44.6 Å². The quantitative estimate of drug-likeness (QED) is 0.239. The molecule has 0 radical (unpaired) electrons. The minimum atomic E-state index is -0.470. The molecule has 0 saturated heterocycles. The minimum absolute atomic E-state index is 0.256. The molecule has 1 aliphatic rings. The third kappa shape index (κ3) is 4.34. The molecular weight excluding hydrogens is 466 g/mol. The topological polar surface area (TPSA) is 47.9 Å². The maximum absolute atomic E-state index is 12.3. The average molecular weight is 484 g/mol. The Morgan fingerprint density at radius 3 is 2.62 bits per heavy atom. The molecule has 0 amide bonds. The first-order valence-electron chi connectivity index (χ1n) is 10.1. The van der Waals surface area contributed by atoms with E-state index in [-0.39, 0.29) is 5.70 Å². The van der Waals surface area contributed by atoms with Gasteiger partial charge in [-0.2, -0.15) is 0 Å². The van der Waals surface area contributed by atoms with E-state index in [9.17, 15) is 4.79 Å². The summed E-state index contributed by atoms with van der Waals surface area (Å²) in [7, 11) is 0. The van der Waals surface area contributed by atoms with E-state index >= 15 is 0 Å². The van der Waals surface area contributed by atoms with E-state index in [0.29, 0.717) is 12.5 Å². The highest BCUT2D eigenvalue weighted by atomic mass is 79.9. The highest BCUT2D eigenvalue weighted by Gasteiger charge is 2.24. The number of nitrogens with zero attached hydrogens (tertiary/aromatic N) is 1. The second kappa shape index (κ2) is 8.81. The van der Waals surface area contributed by atoms with Gasteiger partial charge < -0.3 is 9.47 Å². The van der Waals surface area contributed by atoms with E-state index < -0.39 is 5.97 Å². The Balaban J connectivity index is 1.36. The summed E-state index contributed by atoms with van der Waals surface area (Å²) in [5.41, 5.74) is 2.93. The van der Waals surface area contributed by atoms with Gasteiger partial charge in [0, 0.05) is 10.0 Å². The van der Waals surface area contributed by atoms with Crippen LogP contribution in [-0.2, 0) is 16.1 Å². The van der Waals surface area contributed by atoms with Gasteiger partial charge in [-0.15, -0.1) is 0 Å². The van der Waals surface area contributed by atoms with E-state index in [0.717, 1.165) is 26.9 Å². The lowest BCUT2D eigenvalue weighted by atomic mass is 10.1. The first-order chi connectivity index (χ1) is 15.7. The van der Waals surface area contributed by atoms with Crippen molar-refractivity contribution in [2.75, 3.05) is 0 Å². The molecule has 1 aliphatic heterocycles. The summed E-state index contributed by atoms with van der Waals surface area (Å²) in [5.74, 6) is 0.544. The molecule has 0 atom stereocenters. The summed E-state index contributed by atoms with van der Waals surface area (Å²) in [6.45, 7) is 0.453. The fourth-order valence-corrected chi connectivity index (χ4v) is 3.98. The molecular formula is C27H18BrNO3. The van der Waals surface area contributed by atoms with Gasteiger partial charge in [0.15, 0.2) is 5.70 Å². The molecule has 1 heterocycles. The Bertz CT molecular complexity index is 1390. The summed E-state index contributed by atoms with van der Waals surface area (Å²) in [5, 5.41) is 2.36. The van der Waals surface area contributed by atoms with Gasteiger partial charge in [0.25, 0.3) is 0 Å². The van der Waals surface area contributed by atoms with Gasteiger partial charge in [-0.3, -0.25) is 0 Å². The van der Waals surface area contributed by atoms with Gasteiger partial charge in [0.1, 0.15) is 12.4 Å². The van der Waals surface area contributed by atoms with E-state index in [1.165, 1.54) is 10.8 Å². The Hall–Kier alpha value is -3.70. The maximum Gasteiger partial charge on any atom is 0.363 e. The van der Waals surface area contributed by atoms with Gasteiger partial charge in [0.05, 0.1) is 0 Å². The zero-order valence-electron chi connectivity index (χ0n) is 17.0. The number of hydrogen-bond donors (Lipinski definition) is 0. The van der Waals surface area contributed by atoms with Crippen LogP contribution in [0.5, 0.6) is 5.75 Å². The third-order valence-corrected chi connectivity index (χ3v) is 5.62. The molecule has 5 heteroatoms. The Morgan fingerprint density at radius 2 is 1.72 bits per heavy atom. The van der Waals surface area contributed by atoms with Crippen molar-refractivity contribution in [2.45, 2.75) is 6.61 Å². The lowest BCUT2D eigenvalue weighted by molar-refractivity contribution is -0.129. The van der Waals surface area contributed by atoms with Crippen molar-refractivity contribution in [1.29, 1.82) is 0 Å². The fourth-order valence-electron chi connectivity index (χ4n) is 3.59.